The highest BCUT2D eigenvalue weighted by molar-refractivity contribution is 5.85. The number of nitrogens with two attached hydrogens (primary N) is 1. The molecule has 0 aromatic rings. The average molecular weight is 152 g/mol. The highest BCUT2D eigenvalue weighted by Gasteiger charge is 2.21. The van der Waals surface area contributed by atoms with Gasteiger partial charge in [-0.1, -0.05) is 6.92 Å². The van der Waals surface area contributed by atoms with Gasteiger partial charge in [-0.05, 0) is 18.4 Å². The van der Waals surface area contributed by atoms with Crippen molar-refractivity contribution in [2.45, 2.75) is 6.92 Å². The molecule has 9 heavy (non-hydrogen) atoms. The van der Waals surface area contributed by atoms with Gasteiger partial charge < -0.3 is 10.5 Å². The molecule has 1 aliphatic rings. The summed E-state index contributed by atoms with van der Waals surface area (Å²) in [5.41, 5.74) is 5.44. The number of hydrogen-bond donors (Lipinski definition) is 1. The van der Waals surface area contributed by atoms with Crippen LogP contribution >= 0.6 is 12.4 Å². The summed E-state index contributed by atoms with van der Waals surface area (Å²) in [6, 6.07) is 0. The molecule has 2 unspecified atom stereocenters. The second-order valence-electron chi connectivity index (χ2n) is 2.51. The van der Waals surface area contributed by atoms with E-state index in [9.17, 15) is 0 Å². The van der Waals surface area contributed by atoms with Gasteiger partial charge in [0.05, 0.1) is 6.61 Å². The van der Waals surface area contributed by atoms with Crippen molar-refractivity contribution < 1.29 is 4.74 Å². The summed E-state index contributed by atoms with van der Waals surface area (Å²) >= 11 is 0. The van der Waals surface area contributed by atoms with E-state index in [1.54, 1.807) is 0 Å². The monoisotopic (exact) mass is 151 g/mol. The highest BCUT2D eigenvalue weighted by Crippen LogP contribution is 2.17. The van der Waals surface area contributed by atoms with Crippen molar-refractivity contribution in [1.29, 1.82) is 0 Å². The summed E-state index contributed by atoms with van der Waals surface area (Å²) < 4.78 is 5.18. The summed E-state index contributed by atoms with van der Waals surface area (Å²) in [6.45, 7) is 4.74. The van der Waals surface area contributed by atoms with E-state index >= 15 is 0 Å². The van der Waals surface area contributed by atoms with Crippen molar-refractivity contribution in [2.24, 2.45) is 17.6 Å². The average Bonchev–Trinajstić information content (AvgIpc) is 2.14. The fourth-order valence-corrected chi connectivity index (χ4v) is 1.01. The maximum atomic E-state index is 5.44. The van der Waals surface area contributed by atoms with Crippen LogP contribution in [-0.4, -0.2) is 19.8 Å². The molecule has 2 atom stereocenters. The van der Waals surface area contributed by atoms with Gasteiger partial charge >= 0.3 is 0 Å². The third-order valence-electron chi connectivity index (χ3n) is 1.82. The zero-order valence-corrected chi connectivity index (χ0v) is 6.49. The van der Waals surface area contributed by atoms with Crippen molar-refractivity contribution in [2.75, 3.05) is 19.8 Å². The molecule has 0 aliphatic carbocycles. The molecule has 1 fully saturated rings. The van der Waals surface area contributed by atoms with Gasteiger partial charge in [-0.15, -0.1) is 12.4 Å². The molecule has 0 aromatic carbocycles. The van der Waals surface area contributed by atoms with Crippen LogP contribution in [0.2, 0.25) is 0 Å². The maximum absolute atomic E-state index is 5.44. The third-order valence-corrected chi connectivity index (χ3v) is 1.82. The number of rotatable bonds is 1. The minimum atomic E-state index is 0. The largest absolute Gasteiger partial charge is 0.381 e. The third kappa shape index (κ3) is 2.12. The van der Waals surface area contributed by atoms with Gasteiger partial charge in [-0.3, -0.25) is 0 Å². The van der Waals surface area contributed by atoms with Gasteiger partial charge in [-0.25, -0.2) is 0 Å². The minimum absolute atomic E-state index is 0. The zero-order valence-electron chi connectivity index (χ0n) is 5.67. The van der Waals surface area contributed by atoms with E-state index in [1.165, 1.54) is 0 Å². The Morgan fingerprint density at radius 2 is 2.22 bits per heavy atom. The highest BCUT2D eigenvalue weighted by atomic mass is 35.5. The van der Waals surface area contributed by atoms with Crippen LogP contribution in [0.3, 0.4) is 0 Å². The first-order valence-electron chi connectivity index (χ1n) is 3.12. The number of ether oxygens (including phenoxy) is 1. The second kappa shape index (κ2) is 4.09. The lowest BCUT2D eigenvalue weighted by atomic mass is 9.99. The molecule has 0 radical (unpaired) electrons. The normalized spacial score (nSPS) is 34.0. The predicted molar refractivity (Wildman–Crippen MR) is 39.8 cm³/mol. The van der Waals surface area contributed by atoms with Crippen LogP contribution in [0.25, 0.3) is 0 Å². The Bertz CT molecular complexity index is 79.5. The predicted octanol–water partition coefficient (Wildman–Crippen LogP) is 0.649. The van der Waals surface area contributed by atoms with Gasteiger partial charge in [-0.2, -0.15) is 0 Å². The molecule has 1 aliphatic heterocycles. The topological polar surface area (TPSA) is 35.2 Å². The maximum Gasteiger partial charge on any atom is 0.0509 e. The van der Waals surface area contributed by atoms with E-state index in [1.807, 2.05) is 0 Å². The summed E-state index contributed by atoms with van der Waals surface area (Å²) in [7, 11) is 0. The molecule has 2 nitrogen and oxygen atoms in total. The SMILES string of the molecule is CC1COCC1CN.Cl. The molecule has 0 saturated carbocycles. The Morgan fingerprint density at radius 3 is 2.44 bits per heavy atom. The molecule has 0 amide bonds. The van der Waals surface area contributed by atoms with Crippen molar-refractivity contribution >= 4 is 12.4 Å². The minimum Gasteiger partial charge on any atom is -0.381 e. The molecular weight excluding hydrogens is 138 g/mol. The van der Waals surface area contributed by atoms with Gasteiger partial charge in [0.15, 0.2) is 0 Å². The molecule has 1 rings (SSSR count). The van der Waals surface area contributed by atoms with Crippen LogP contribution in [0.4, 0.5) is 0 Å². The molecule has 1 heterocycles. The quantitative estimate of drug-likeness (QED) is 0.598. The number of halogens is 1. The fourth-order valence-electron chi connectivity index (χ4n) is 1.01. The van der Waals surface area contributed by atoms with E-state index < -0.39 is 0 Å². The van der Waals surface area contributed by atoms with E-state index in [4.69, 9.17) is 10.5 Å². The Balaban J connectivity index is 0.000000640. The van der Waals surface area contributed by atoms with Crippen LogP contribution in [0.1, 0.15) is 6.92 Å². The van der Waals surface area contributed by atoms with Gasteiger partial charge in [0.25, 0.3) is 0 Å². The Labute approximate surface area is 62.2 Å². The Morgan fingerprint density at radius 1 is 1.56 bits per heavy atom. The van der Waals surface area contributed by atoms with Gasteiger partial charge in [0.1, 0.15) is 0 Å². The molecule has 1 saturated heterocycles. The smallest absolute Gasteiger partial charge is 0.0509 e. The fraction of sp³-hybridized carbons (Fsp3) is 1.00. The van der Waals surface area contributed by atoms with Crippen LogP contribution in [0.5, 0.6) is 0 Å². The summed E-state index contributed by atoms with van der Waals surface area (Å²) in [5, 5.41) is 0. The molecule has 0 bridgehead atoms. The lowest BCUT2D eigenvalue weighted by molar-refractivity contribution is 0.182. The Hall–Kier alpha value is 0.210. The first-order chi connectivity index (χ1) is 3.84. The van der Waals surface area contributed by atoms with Crippen molar-refractivity contribution in [1.82, 2.24) is 0 Å². The molecular formula is C6H14ClNO. The van der Waals surface area contributed by atoms with Crippen molar-refractivity contribution in [3.8, 4) is 0 Å². The lowest BCUT2D eigenvalue weighted by Gasteiger charge is -2.07. The van der Waals surface area contributed by atoms with Crippen LogP contribution in [0.15, 0.2) is 0 Å². The molecule has 0 aromatic heterocycles. The standard InChI is InChI=1S/C6H13NO.ClH/c1-5-3-8-4-6(5)2-7;/h5-6H,2-4,7H2,1H3;1H. The van der Waals surface area contributed by atoms with Crippen LogP contribution < -0.4 is 5.73 Å². The lowest BCUT2D eigenvalue weighted by Crippen LogP contribution is -2.19. The summed E-state index contributed by atoms with van der Waals surface area (Å²) in [4.78, 5) is 0. The van der Waals surface area contributed by atoms with Crippen LogP contribution in [0, 0.1) is 11.8 Å². The molecule has 56 valence electrons. The van der Waals surface area contributed by atoms with Crippen molar-refractivity contribution in [3.63, 3.8) is 0 Å². The summed E-state index contributed by atoms with van der Waals surface area (Å²) in [6.07, 6.45) is 0. The van der Waals surface area contributed by atoms with Gasteiger partial charge in [0, 0.05) is 6.61 Å². The first-order valence-corrected chi connectivity index (χ1v) is 3.12. The van der Waals surface area contributed by atoms with E-state index in [2.05, 4.69) is 6.92 Å². The molecule has 3 heteroatoms. The second-order valence-corrected chi connectivity index (χ2v) is 2.51. The summed E-state index contributed by atoms with van der Waals surface area (Å²) in [5.74, 6) is 1.30. The zero-order chi connectivity index (χ0) is 5.98. The van der Waals surface area contributed by atoms with Gasteiger partial charge in [0.2, 0.25) is 0 Å². The van der Waals surface area contributed by atoms with E-state index in [-0.39, 0.29) is 12.4 Å². The van der Waals surface area contributed by atoms with Crippen LogP contribution in [-0.2, 0) is 4.74 Å². The number of hydrogen-bond acceptors (Lipinski definition) is 2. The Kier molecular flexibility index (Phi) is 4.19. The van der Waals surface area contributed by atoms with E-state index in [0.717, 1.165) is 19.8 Å². The van der Waals surface area contributed by atoms with E-state index in [0.29, 0.717) is 11.8 Å². The van der Waals surface area contributed by atoms with Crippen molar-refractivity contribution in [3.05, 3.63) is 0 Å². The first kappa shape index (κ1) is 9.21. The molecule has 2 N–H and O–H groups in total. The molecule has 0 spiro atoms.